The Morgan fingerprint density at radius 1 is 1.20 bits per heavy atom. The molecule has 6 heteroatoms. The molecule has 0 aliphatic heterocycles. The Hall–Kier alpha value is -3.59. The summed E-state index contributed by atoms with van der Waals surface area (Å²) in [6.07, 6.45) is -1.08. The Kier molecular flexibility index (Phi) is 4.48. The number of carbonyl (C=O) groups excluding carboxylic acids is 1. The number of para-hydroxylation sites is 2. The summed E-state index contributed by atoms with van der Waals surface area (Å²) in [4.78, 5) is 18.8. The van der Waals surface area contributed by atoms with Gasteiger partial charge in [0.2, 0.25) is 0 Å². The van der Waals surface area contributed by atoms with Gasteiger partial charge in [-0.3, -0.25) is 4.79 Å². The molecule has 0 spiro atoms. The van der Waals surface area contributed by atoms with Gasteiger partial charge in [0.05, 0.1) is 11.0 Å². The Labute approximate surface area is 144 Å². The number of imidazole rings is 1. The molecule has 6 nitrogen and oxygen atoms in total. The Morgan fingerprint density at radius 3 is 2.52 bits per heavy atom. The van der Waals surface area contributed by atoms with Crippen molar-refractivity contribution in [3.05, 3.63) is 71.7 Å². The van der Waals surface area contributed by atoms with E-state index in [0.29, 0.717) is 11.1 Å². The van der Waals surface area contributed by atoms with Gasteiger partial charge in [-0.25, -0.2) is 4.98 Å². The zero-order valence-corrected chi connectivity index (χ0v) is 13.4. The number of hydrogen-bond acceptors (Lipinski definition) is 5. The number of allylic oxidation sites excluding steroid dienone is 1. The van der Waals surface area contributed by atoms with Gasteiger partial charge in [-0.2, -0.15) is 5.26 Å². The van der Waals surface area contributed by atoms with Crippen LogP contribution >= 0.6 is 0 Å². The second-order valence-corrected chi connectivity index (χ2v) is 5.37. The fourth-order valence-electron chi connectivity index (χ4n) is 2.51. The summed E-state index contributed by atoms with van der Waals surface area (Å²) in [5.41, 5.74) is 1.88. The number of ether oxygens (including phenoxy) is 1. The van der Waals surface area contributed by atoms with Gasteiger partial charge in [-0.1, -0.05) is 42.5 Å². The van der Waals surface area contributed by atoms with Crippen LogP contribution in [0.2, 0.25) is 0 Å². The summed E-state index contributed by atoms with van der Waals surface area (Å²) < 4.78 is 5.24. The van der Waals surface area contributed by atoms with Crippen LogP contribution in [-0.4, -0.2) is 21.0 Å². The highest BCUT2D eigenvalue weighted by molar-refractivity contribution is 5.83. The summed E-state index contributed by atoms with van der Waals surface area (Å²) in [7, 11) is 0. The van der Waals surface area contributed by atoms with Crippen LogP contribution in [0, 0.1) is 11.3 Å². The highest BCUT2D eigenvalue weighted by Gasteiger charge is 2.25. The number of rotatable bonds is 4. The number of nitriles is 1. The number of benzene rings is 2. The summed E-state index contributed by atoms with van der Waals surface area (Å²) in [5, 5.41) is 20.2. The molecule has 124 valence electrons. The van der Waals surface area contributed by atoms with Crippen molar-refractivity contribution in [3.63, 3.8) is 0 Å². The summed E-state index contributed by atoms with van der Waals surface area (Å²) in [6, 6.07) is 18.0. The van der Waals surface area contributed by atoms with Gasteiger partial charge in [-0.05, 0) is 12.1 Å². The van der Waals surface area contributed by atoms with Crippen molar-refractivity contribution in [2.24, 2.45) is 0 Å². The number of esters is 1. The van der Waals surface area contributed by atoms with Crippen molar-refractivity contribution in [2.75, 3.05) is 0 Å². The maximum absolute atomic E-state index is 11.5. The Bertz CT molecular complexity index is 951. The lowest BCUT2D eigenvalue weighted by atomic mass is 10.0. The molecule has 0 amide bonds. The molecule has 1 unspecified atom stereocenters. The molecular weight excluding hydrogens is 318 g/mol. The van der Waals surface area contributed by atoms with E-state index in [-0.39, 0.29) is 17.2 Å². The van der Waals surface area contributed by atoms with E-state index in [1.54, 1.807) is 36.4 Å². The topological polar surface area (TPSA) is 99.0 Å². The molecule has 0 saturated heterocycles. The molecule has 0 aliphatic carbocycles. The van der Waals surface area contributed by atoms with Crippen LogP contribution in [0.5, 0.6) is 0 Å². The average Bonchev–Trinajstić information content (AvgIpc) is 3.04. The molecule has 25 heavy (non-hydrogen) atoms. The number of nitrogens with zero attached hydrogens (tertiary/aromatic N) is 2. The van der Waals surface area contributed by atoms with E-state index >= 15 is 0 Å². The number of H-pyrrole nitrogens is 1. The average molecular weight is 333 g/mol. The minimum atomic E-state index is -1.08. The lowest BCUT2D eigenvalue weighted by molar-refractivity contribution is -0.146. The molecule has 0 aliphatic rings. The van der Waals surface area contributed by atoms with Crippen molar-refractivity contribution in [3.8, 4) is 6.07 Å². The van der Waals surface area contributed by atoms with Crippen LogP contribution in [0.3, 0.4) is 0 Å². The van der Waals surface area contributed by atoms with E-state index in [1.165, 1.54) is 6.92 Å². The van der Waals surface area contributed by atoms with Gasteiger partial charge in [0, 0.05) is 12.5 Å². The number of carbonyl (C=O) groups is 1. The fraction of sp³-hybridized carbons (Fsp3) is 0.105. The predicted molar refractivity (Wildman–Crippen MR) is 92.2 cm³/mol. The number of fused-ring (bicyclic) bond motifs is 1. The van der Waals surface area contributed by atoms with E-state index in [0.717, 1.165) is 5.52 Å². The lowest BCUT2D eigenvalue weighted by Crippen LogP contribution is -2.12. The summed E-state index contributed by atoms with van der Waals surface area (Å²) >= 11 is 0. The van der Waals surface area contributed by atoms with Crippen molar-refractivity contribution in [1.82, 2.24) is 9.97 Å². The van der Waals surface area contributed by atoms with Crippen molar-refractivity contribution in [1.29, 1.82) is 5.26 Å². The molecule has 0 bridgehead atoms. The number of nitrogens with one attached hydrogen (secondary N) is 1. The molecular formula is C19H15N3O3. The number of aliphatic hydroxyl groups excluding tert-OH is 1. The maximum Gasteiger partial charge on any atom is 0.303 e. The van der Waals surface area contributed by atoms with Crippen LogP contribution < -0.4 is 0 Å². The first-order chi connectivity index (χ1) is 12.1. The molecule has 1 atom stereocenters. The first kappa shape index (κ1) is 16.3. The zero-order chi connectivity index (χ0) is 17.8. The summed E-state index contributed by atoms with van der Waals surface area (Å²) in [6.45, 7) is 1.25. The summed E-state index contributed by atoms with van der Waals surface area (Å²) in [5.74, 6) is -0.723. The molecule has 3 rings (SSSR count). The Morgan fingerprint density at radius 2 is 1.88 bits per heavy atom. The van der Waals surface area contributed by atoms with Crippen LogP contribution in [0.1, 0.15) is 24.4 Å². The number of aromatic amines is 1. The molecule has 3 aromatic rings. The lowest BCUT2D eigenvalue weighted by Gasteiger charge is -2.17. The molecule has 2 N–H and O–H groups in total. The first-order valence-corrected chi connectivity index (χ1v) is 7.60. The third kappa shape index (κ3) is 3.35. The van der Waals surface area contributed by atoms with Gasteiger partial charge >= 0.3 is 5.97 Å². The second-order valence-electron chi connectivity index (χ2n) is 5.37. The molecule has 2 aromatic carbocycles. The fourth-order valence-corrected chi connectivity index (χ4v) is 2.51. The second kappa shape index (κ2) is 6.89. The van der Waals surface area contributed by atoms with E-state index < -0.39 is 12.1 Å². The SMILES string of the molecule is CC(=O)OC(/C(O)=C(\C#N)c1nc2ccccc2[nH]1)c1ccccc1. The van der Waals surface area contributed by atoms with E-state index in [2.05, 4.69) is 9.97 Å². The molecule has 0 saturated carbocycles. The first-order valence-electron chi connectivity index (χ1n) is 7.60. The van der Waals surface area contributed by atoms with Gasteiger partial charge in [0.1, 0.15) is 11.6 Å². The van der Waals surface area contributed by atoms with Gasteiger partial charge < -0.3 is 14.8 Å². The van der Waals surface area contributed by atoms with E-state index in [1.807, 2.05) is 24.3 Å². The standard InChI is InChI=1S/C19H15N3O3/c1-12(23)25-18(13-7-3-2-4-8-13)17(24)14(11-20)19-21-15-9-5-6-10-16(15)22-19/h2-10,18,24H,1H3,(H,21,22)/b17-14-. The van der Waals surface area contributed by atoms with Gasteiger partial charge in [-0.15, -0.1) is 0 Å². The van der Waals surface area contributed by atoms with Gasteiger partial charge in [0.25, 0.3) is 0 Å². The minimum absolute atomic E-state index is 0.0775. The predicted octanol–water partition coefficient (Wildman–Crippen LogP) is 3.66. The normalized spacial score (nSPS) is 13.0. The van der Waals surface area contributed by atoms with Crippen LogP contribution in [-0.2, 0) is 9.53 Å². The van der Waals surface area contributed by atoms with Crippen molar-refractivity contribution >= 4 is 22.6 Å². The minimum Gasteiger partial charge on any atom is -0.507 e. The quantitative estimate of drug-likeness (QED) is 0.431. The highest BCUT2D eigenvalue weighted by Crippen LogP contribution is 2.30. The maximum atomic E-state index is 11.5. The number of hydrogen-bond donors (Lipinski definition) is 2. The van der Waals surface area contributed by atoms with Crippen LogP contribution in [0.4, 0.5) is 0 Å². The molecule has 1 aromatic heterocycles. The largest absolute Gasteiger partial charge is 0.507 e. The van der Waals surface area contributed by atoms with Crippen LogP contribution in [0.25, 0.3) is 16.6 Å². The zero-order valence-electron chi connectivity index (χ0n) is 13.4. The molecule has 1 heterocycles. The third-order valence-corrected chi connectivity index (χ3v) is 3.63. The number of aliphatic hydroxyl groups is 1. The highest BCUT2D eigenvalue weighted by atomic mass is 16.6. The van der Waals surface area contributed by atoms with Crippen molar-refractivity contribution < 1.29 is 14.6 Å². The molecule has 0 fully saturated rings. The molecule has 0 radical (unpaired) electrons. The van der Waals surface area contributed by atoms with Crippen LogP contribution in [0.15, 0.2) is 60.4 Å². The van der Waals surface area contributed by atoms with E-state index in [4.69, 9.17) is 4.74 Å². The Balaban J connectivity index is 2.12. The monoisotopic (exact) mass is 333 g/mol. The van der Waals surface area contributed by atoms with E-state index in [9.17, 15) is 15.2 Å². The van der Waals surface area contributed by atoms with Gasteiger partial charge in [0.15, 0.2) is 17.7 Å². The van der Waals surface area contributed by atoms with Crippen molar-refractivity contribution in [2.45, 2.75) is 13.0 Å². The third-order valence-electron chi connectivity index (χ3n) is 3.63. The number of aromatic nitrogens is 2. The smallest absolute Gasteiger partial charge is 0.303 e.